The van der Waals surface area contributed by atoms with Crippen molar-refractivity contribution in [3.63, 3.8) is 0 Å². The van der Waals surface area contributed by atoms with Gasteiger partial charge in [-0.15, -0.1) is 0 Å². The zero-order chi connectivity index (χ0) is 15.4. The second-order valence-electron chi connectivity index (χ2n) is 3.82. The van der Waals surface area contributed by atoms with Crippen LogP contribution < -0.4 is 5.43 Å². The van der Waals surface area contributed by atoms with Gasteiger partial charge in [0.25, 0.3) is 0 Å². The minimum absolute atomic E-state index is 0.0403. The molecule has 7 nitrogen and oxygen atoms in total. The van der Waals surface area contributed by atoms with Crippen LogP contribution in [0.25, 0.3) is 0 Å². The van der Waals surface area contributed by atoms with Crippen LogP contribution in [0.15, 0.2) is 35.6 Å². The molecule has 0 saturated heterocycles. The van der Waals surface area contributed by atoms with Gasteiger partial charge in [-0.1, -0.05) is 0 Å². The van der Waals surface area contributed by atoms with Gasteiger partial charge in [-0.05, 0) is 63.4 Å². The van der Waals surface area contributed by atoms with E-state index in [2.05, 4.69) is 38.1 Å². The molecule has 0 atom stereocenters. The zero-order valence-corrected chi connectivity index (χ0v) is 14.6. The highest BCUT2D eigenvalue weighted by Gasteiger charge is 2.13. The molecule has 21 heavy (non-hydrogen) atoms. The van der Waals surface area contributed by atoms with E-state index in [9.17, 15) is 15.2 Å². The molecule has 9 heteroatoms. The molecular formula is C12H8I2N4O3. The summed E-state index contributed by atoms with van der Waals surface area (Å²) in [6.07, 6.45) is 2.81. The zero-order valence-electron chi connectivity index (χ0n) is 10.3. The number of nitrogens with zero attached hydrogens (tertiary/aromatic N) is 3. The number of benzene rings is 1. The fourth-order valence-corrected chi connectivity index (χ4v) is 3.37. The third kappa shape index (κ3) is 4.00. The van der Waals surface area contributed by atoms with Crippen LogP contribution in [0.3, 0.4) is 0 Å². The Morgan fingerprint density at radius 3 is 2.90 bits per heavy atom. The first-order valence-electron chi connectivity index (χ1n) is 5.55. The maximum Gasteiger partial charge on any atom is 0.313 e. The largest absolute Gasteiger partial charge is 0.506 e. The molecule has 0 spiro atoms. The van der Waals surface area contributed by atoms with E-state index >= 15 is 0 Å². The van der Waals surface area contributed by atoms with Crippen LogP contribution in [0.2, 0.25) is 0 Å². The average molecular weight is 510 g/mol. The number of aromatic hydroxyl groups is 1. The van der Waals surface area contributed by atoms with Crippen molar-refractivity contribution >= 4 is 62.9 Å². The van der Waals surface area contributed by atoms with Crippen molar-refractivity contribution in [3.05, 3.63) is 53.3 Å². The van der Waals surface area contributed by atoms with Crippen LogP contribution in [0.4, 0.5) is 11.5 Å². The highest BCUT2D eigenvalue weighted by atomic mass is 127. The van der Waals surface area contributed by atoms with E-state index in [0.29, 0.717) is 9.13 Å². The van der Waals surface area contributed by atoms with Gasteiger partial charge >= 0.3 is 5.69 Å². The summed E-state index contributed by atoms with van der Waals surface area (Å²) in [5.74, 6) is 0.149. The summed E-state index contributed by atoms with van der Waals surface area (Å²) in [6.45, 7) is 0. The number of phenolic OH excluding ortho intramolecular Hbond substituents is 1. The van der Waals surface area contributed by atoms with Gasteiger partial charge < -0.3 is 5.11 Å². The lowest BCUT2D eigenvalue weighted by molar-refractivity contribution is -0.384. The lowest BCUT2D eigenvalue weighted by atomic mass is 10.2. The molecule has 0 aliphatic carbocycles. The number of aromatic nitrogens is 1. The lowest BCUT2D eigenvalue weighted by Crippen LogP contribution is -1.99. The van der Waals surface area contributed by atoms with Crippen molar-refractivity contribution in [2.45, 2.75) is 0 Å². The summed E-state index contributed by atoms with van der Waals surface area (Å²) in [4.78, 5) is 14.1. The fraction of sp³-hybridized carbons (Fsp3) is 0. The molecule has 1 aromatic carbocycles. The van der Waals surface area contributed by atoms with Crippen LogP contribution in [0, 0.1) is 17.3 Å². The highest BCUT2D eigenvalue weighted by Crippen LogP contribution is 2.26. The number of rotatable bonds is 4. The fourth-order valence-electron chi connectivity index (χ4n) is 1.48. The van der Waals surface area contributed by atoms with Crippen molar-refractivity contribution in [1.82, 2.24) is 4.98 Å². The van der Waals surface area contributed by atoms with Gasteiger partial charge in [0.05, 0.1) is 14.7 Å². The summed E-state index contributed by atoms with van der Waals surface area (Å²) >= 11 is 4.14. The molecular weight excluding hydrogens is 502 g/mol. The molecule has 2 N–H and O–H groups in total. The Morgan fingerprint density at radius 2 is 2.19 bits per heavy atom. The molecule has 0 aliphatic rings. The Balaban J connectivity index is 2.23. The number of halogens is 2. The summed E-state index contributed by atoms with van der Waals surface area (Å²) in [5.41, 5.74) is 2.85. The number of phenols is 1. The molecule has 108 valence electrons. The van der Waals surface area contributed by atoms with Gasteiger partial charge in [0, 0.05) is 21.4 Å². The first-order valence-corrected chi connectivity index (χ1v) is 7.71. The molecule has 0 saturated carbocycles. The molecule has 1 aromatic heterocycles. The monoisotopic (exact) mass is 510 g/mol. The number of pyridine rings is 1. The number of hydrogen-bond acceptors (Lipinski definition) is 6. The van der Waals surface area contributed by atoms with Crippen LogP contribution in [-0.2, 0) is 0 Å². The molecule has 0 unspecified atom stereocenters. The maximum atomic E-state index is 10.8. The summed E-state index contributed by atoms with van der Waals surface area (Å²) in [6, 6.07) is 6.37. The Labute approximate surface area is 146 Å². The lowest BCUT2D eigenvalue weighted by Gasteiger charge is -2.03. The third-order valence-electron chi connectivity index (χ3n) is 2.41. The molecule has 0 radical (unpaired) electrons. The first-order chi connectivity index (χ1) is 9.99. The number of nitro groups is 1. The number of hydrogen-bond donors (Lipinski definition) is 2. The van der Waals surface area contributed by atoms with E-state index in [4.69, 9.17) is 0 Å². The molecule has 0 fully saturated rings. The Bertz CT molecular complexity index is 722. The van der Waals surface area contributed by atoms with E-state index in [-0.39, 0.29) is 17.3 Å². The van der Waals surface area contributed by atoms with Crippen molar-refractivity contribution < 1.29 is 10.0 Å². The Hall–Kier alpha value is -1.50. The smallest absolute Gasteiger partial charge is 0.313 e. The minimum Gasteiger partial charge on any atom is -0.506 e. The van der Waals surface area contributed by atoms with Gasteiger partial charge in [0.15, 0.2) is 0 Å². The maximum absolute atomic E-state index is 10.8. The standard InChI is InChI=1S/C12H8I2N4O3/c13-8-4-7(11(19)9(14)5-8)6-16-17-12-10(18(20)21)2-1-3-15-12/h1-6,19H,(H,15,17)/b16-6-. The van der Waals surface area contributed by atoms with Gasteiger partial charge in [-0.3, -0.25) is 15.5 Å². The number of nitrogens with one attached hydrogen (secondary N) is 1. The Morgan fingerprint density at radius 1 is 1.43 bits per heavy atom. The van der Waals surface area contributed by atoms with Crippen LogP contribution in [0.5, 0.6) is 5.75 Å². The van der Waals surface area contributed by atoms with E-state index < -0.39 is 4.92 Å². The van der Waals surface area contributed by atoms with Crippen molar-refractivity contribution in [3.8, 4) is 5.75 Å². The predicted molar refractivity (Wildman–Crippen MR) is 95.6 cm³/mol. The van der Waals surface area contributed by atoms with Crippen LogP contribution >= 0.6 is 45.2 Å². The summed E-state index contributed by atoms with van der Waals surface area (Å²) < 4.78 is 1.64. The van der Waals surface area contributed by atoms with E-state index in [1.165, 1.54) is 24.5 Å². The van der Waals surface area contributed by atoms with Gasteiger partial charge in [-0.2, -0.15) is 5.10 Å². The summed E-state index contributed by atoms with van der Waals surface area (Å²) in [7, 11) is 0. The van der Waals surface area contributed by atoms with E-state index in [1.54, 1.807) is 6.07 Å². The molecule has 0 bridgehead atoms. The molecule has 2 aromatic rings. The topological polar surface area (TPSA) is 101 Å². The quantitative estimate of drug-likeness (QED) is 0.285. The van der Waals surface area contributed by atoms with E-state index in [1.807, 2.05) is 28.7 Å². The molecule has 0 aliphatic heterocycles. The minimum atomic E-state index is -0.545. The number of hydrazone groups is 1. The molecule has 0 amide bonds. The first kappa shape index (κ1) is 15.9. The van der Waals surface area contributed by atoms with Crippen LogP contribution in [-0.4, -0.2) is 21.2 Å². The van der Waals surface area contributed by atoms with Gasteiger partial charge in [0.1, 0.15) is 5.75 Å². The highest BCUT2D eigenvalue weighted by molar-refractivity contribution is 14.1. The normalized spacial score (nSPS) is 10.8. The third-order valence-corrected chi connectivity index (χ3v) is 3.86. The Kier molecular flexibility index (Phi) is 5.27. The van der Waals surface area contributed by atoms with Crippen LogP contribution in [0.1, 0.15) is 5.56 Å². The van der Waals surface area contributed by atoms with Gasteiger partial charge in [-0.25, -0.2) is 4.98 Å². The van der Waals surface area contributed by atoms with E-state index in [0.717, 1.165) is 3.57 Å². The van der Waals surface area contributed by atoms with Crippen molar-refractivity contribution in [2.24, 2.45) is 5.10 Å². The summed E-state index contributed by atoms with van der Waals surface area (Å²) in [5, 5.41) is 24.6. The SMILES string of the molecule is O=[N+]([O-])c1cccnc1N/N=C\c1cc(I)cc(I)c1O. The average Bonchev–Trinajstić information content (AvgIpc) is 2.44. The van der Waals surface area contributed by atoms with Crippen molar-refractivity contribution in [2.75, 3.05) is 5.43 Å². The second kappa shape index (κ2) is 6.98. The second-order valence-corrected chi connectivity index (χ2v) is 6.23. The number of anilines is 1. The van der Waals surface area contributed by atoms with Crippen molar-refractivity contribution in [1.29, 1.82) is 0 Å². The molecule has 1 heterocycles. The predicted octanol–water partition coefficient (Wildman–Crippen LogP) is 3.35. The van der Waals surface area contributed by atoms with Gasteiger partial charge in [0.2, 0.25) is 5.82 Å². The molecule has 2 rings (SSSR count).